The lowest BCUT2D eigenvalue weighted by molar-refractivity contribution is 0.352. The van der Waals surface area contributed by atoms with E-state index in [4.69, 9.17) is 9.47 Å². The van der Waals surface area contributed by atoms with Crippen molar-refractivity contribution in [1.82, 2.24) is 0 Å². The fraction of sp³-hybridized carbons (Fsp3) is 0.389. The third kappa shape index (κ3) is 2.52. The second-order valence-electron chi connectivity index (χ2n) is 5.62. The third-order valence-electron chi connectivity index (χ3n) is 4.38. The quantitative estimate of drug-likeness (QED) is 0.791. The fourth-order valence-corrected chi connectivity index (χ4v) is 4.34. The summed E-state index contributed by atoms with van der Waals surface area (Å²) in [5.74, 6) is 1.84. The van der Waals surface area contributed by atoms with Crippen molar-refractivity contribution < 1.29 is 9.47 Å². The molecular formula is C18H21NO2S. The lowest BCUT2D eigenvalue weighted by Crippen LogP contribution is -2.24. The van der Waals surface area contributed by atoms with Gasteiger partial charge in [-0.25, -0.2) is 0 Å². The number of hydrogen-bond acceptors (Lipinski definition) is 4. The number of fused-ring (bicyclic) bond motifs is 1. The van der Waals surface area contributed by atoms with Gasteiger partial charge in [-0.2, -0.15) is 0 Å². The number of aliphatic imine (C=N–C) groups is 1. The number of thiophene rings is 1. The van der Waals surface area contributed by atoms with E-state index < -0.39 is 0 Å². The lowest BCUT2D eigenvalue weighted by Gasteiger charge is -2.31. The normalized spacial score (nSPS) is 20.3. The van der Waals surface area contributed by atoms with E-state index in [2.05, 4.69) is 42.9 Å². The van der Waals surface area contributed by atoms with Crippen molar-refractivity contribution in [2.24, 2.45) is 4.99 Å². The zero-order valence-electron chi connectivity index (χ0n) is 13.3. The minimum atomic E-state index is 0.226. The molecule has 0 radical (unpaired) electrons. The molecule has 0 saturated heterocycles. The Balaban J connectivity index is 2.14. The Labute approximate surface area is 135 Å². The zero-order chi connectivity index (χ0) is 15.7. The van der Waals surface area contributed by atoms with Crippen molar-refractivity contribution >= 4 is 18.1 Å². The summed E-state index contributed by atoms with van der Waals surface area (Å²) in [6.45, 7) is 5.96. The van der Waals surface area contributed by atoms with Gasteiger partial charge in [0.25, 0.3) is 0 Å². The molecule has 22 heavy (non-hydrogen) atoms. The van der Waals surface area contributed by atoms with E-state index in [9.17, 15) is 0 Å². The Morgan fingerprint density at radius 1 is 1.18 bits per heavy atom. The van der Waals surface area contributed by atoms with Crippen LogP contribution in [-0.2, 0) is 6.42 Å². The second kappa shape index (κ2) is 6.13. The first-order valence-electron chi connectivity index (χ1n) is 7.45. The van der Waals surface area contributed by atoms with Gasteiger partial charge in [-0.3, -0.25) is 4.99 Å². The molecule has 1 aliphatic rings. The highest BCUT2D eigenvalue weighted by Gasteiger charge is 2.32. The van der Waals surface area contributed by atoms with E-state index in [1.165, 1.54) is 20.9 Å². The van der Waals surface area contributed by atoms with Crippen LogP contribution in [0, 0.1) is 6.92 Å². The molecule has 0 aliphatic heterocycles. The van der Waals surface area contributed by atoms with Crippen molar-refractivity contribution in [3.63, 3.8) is 0 Å². The first-order chi connectivity index (χ1) is 10.7. The highest BCUT2D eigenvalue weighted by Crippen LogP contribution is 2.44. The first-order valence-corrected chi connectivity index (χ1v) is 8.26. The summed E-state index contributed by atoms with van der Waals surface area (Å²) in [5, 5.41) is 0. The monoisotopic (exact) mass is 315 g/mol. The molecule has 0 saturated carbocycles. The largest absolute Gasteiger partial charge is 0.493 e. The molecule has 3 rings (SSSR count). The maximum absolute atomic E-state index is 5.49. The molecule has 4 heteroatoms. The summed E-state index contributed by atoms with van der Waals surface area (Å²) >= 11 is 1.84. The van der Waals surface area contributed by atoms with Gasteiger partial charge >= 0.3 is 0 Å². The predicted octanol–water partition coefficient (Wildman–Crippen LogP) is 4.22. The Kier molecular flexibility index (Phi) is 4.21. The van der Waals surface area contributed by atoms with Crippen molar-refractivity contribution in [1.29, 1.82) is 0 Å². The van der Waals surface area contributed by atoms with E-state index >= 15 is 0 Å². The van der Waals surface area contributed by atoms with Crippen molar-refractivity contribution in [3.8, 4) is 11.5 Å². The highest BCUT2D eigenvalue weighted by atomic mass is 32.1. The fourth-order valence-electron chi connectivity index (χ4n) is 3.28. The van der Waals surface area contributed by atoms with Crippen LogP contribution >= 0.6 is 11.3 Å². The Morgan fingerprint density at radius 2 is 1.91 bits per heavy atom. The summed E-state index contributed by atoms with van der Waals surface area (Å²) in [6, 6.07) is 8.85. The molecule has 0 spiro atoms. The molecule has 0 unspecified atom stereocenters. The van der Waals surface area contributed by atoms with Crippen LogP contribution in [0.15, 0.2) is 29.3 Å². The van der Waals surface area contributed by atoms with E-state index in [1.54, 1.807) is 14.2 Å². The maximum atomic E-state index is 5.49. The molecule has 1 aromatic carbocycles. The number of rotatable bonds is 4. The van der Waals surface area contributed by atoms with Crippen LogP contribution in [0.5, 0.6) is 11.5 Å². The maximum Gasteiger partial charge on any atom is 0.161 e. The second-order valence-corrected chi connectivity index (χ2v) is 6.94. The zero-order valence-corrected chi connectivity index (χ0v) is 14.1. The molecule has 1 aromatic heterocycles. The molecular weight excluding hydrogens is 294 g/mol. The van der Waals surface area contributed by atoms with Crippen LogP contribution in [-0.4, -0.2) is 27.0 Å². The van der Waals surface area contributed by atoms with Gasteiger partial charge in [0.05, 0.1) is 20.3 Å². The average Bonchev–Trinajstić information content (AvgIpc) is 2.98. The topological polar surface area (TPSA) is 30.8 Å². The smallest absolute Gasteiger partial charge is 0.161 e. The molecule has 0 fully saturated rings. The minimum Gasteiger partial charge on any atom is -0.493 e. The summed E-state index contributed by atoms with van der Waals surface area (Å²) in [4.78, 5) is 7.07. The number of methoxy groups -OCH3 is 2. The first kappa shape index (κ1) is 15.1. The van der Waals surface area contributed by atoms with Crippen molar-refractivity contribution in [2.75, 3.05) is 14.2 Å². The molecule has 0 amide bonds. The van der Waals surface area contributed by atoms with Crippen molar-refractivity contribution in [3.05, 3.63) is 45.1 Å². The number of nitrogens with zero attached hydrogens (tertiary/aromatic N) is 1. The standard InChI is InChI=1S/C18H21NO2S/c1-11-5-8-17(22-11)18-13-10-16(21-4)15(20-3)9-12(13)6-7-14(18)19-2/h5,8-10,14,18H,2,6-7H2,1,3-4H3/t14-,18-/m0/s1. The summed E-state index contributed by atoms with van der Waals surface area (Å²) in [6.07, 6.45) is 2.02. The van der Waals surface area contributed by atoms with Crippen LogP contribution < -0.4 is 9.47 Å². The van der Waals surface area contributed by atoms with Crippen molar-refractivity contribution in [2.45, 2.75) is 31.7 Å². The van der Waals surface area contributed by atoms with Gasteiger partial charge in [0.15, 0.2) is 11.5 Å². The molecule has 116 valence electrons. The molecule has 1 aliphatic carbocycles. The highest BCUT2D eigenvalue weighted by molar-refractivity contribution is 7.12. The number of hydrogen-bond donors (Lipinski definition) is 0. The Bertz CT molecular complexity index is 692. The van der Waals surface area contributed by atoms with E-state index in [0.29, 0.717) is 0 Å². The summed E-state index contributed by atoms with van der Waals surface area (Å²) in [5.41, 5.74) is 2.62. The van der Waals surface area contributed by atoms with E-state index in [-0.39, 0.29) is 12.0 Å². The van der Waals surface area contributed by atoms with Crippen LogP contribution in [0.3, 0.4) is 0 Å². The number of ether oxygens (including phenoxy) is 2. The third-order valence-corrected chi connectivity index (χ3v) is 5.46. The number of benzene rings is 1. The molecule has 0 bridgehead atoms. The molecule has 1 heterocycles. The van der Waals surface area contributed by atoms with Gasteiger partial charge in [-0.05, 0) is 61.9 Å². The lowest BCUT2D eigenvalue weighted by atomic mass is 9.78. The van der Waals surface area contributed by atoms with Gasteiger partial charge in [0, 0.05) is 15.7 Å². The van der Waals surface area contributed by atoms with Gasteiger partial charge in [-0.1, -0.05) is 0 Å². The van der Waals surface area contributed by atoms with Crippen LogP contribution in [0.4, 0.5) is 0 Å². The predicted molar refractivity (Wildman–Crippen MR) is 92.1 cm³/mol. The van der Waals surface area contributed by atoms with E-state index in [1.807, 2.05) is 11.3 Å². The Hall–Kier alpha value is -1.81. The van der Waals surface area contributed by atoms with Gasteiger partial charge < -0.3 is 9.47 Å². The summed E-state index contributed by atoms with van der Waals surface area (Å²) < 4.78 is 10.9. The summed E-state index contributed by atoms with van der Waals surface area (Å²) in [7, 11) is 3.36. The average molecular weight is 315 g/mol. The minimum absolute atomic E-state index is 0.226. The Morgan fingerprint density at radius 3 is 2.50 bits per heavy atom. The molecule has 3 nitrogen and oxygen atoms in total. The molecule has 2 atom stereocenters. The van der Waals surface area contributed by atoms with Crippen LogP contribution in [0.2, 0.25) is 0 Å². The number of aryl methyl sites for hydroxylation is 2. The van der Waals surface area contributed by atoms with Crippen LogP contribution in [0.25, 0.3) is 0 Å². The molecule has 2 aromatic rings. The van der Waals surface area contributed by atoms with Crippen LogP contribution in [0.1, 0.15) is 33.2 Å². The van der Waals surface area contributed by atoms with Gasteiger partial charge in [0.1, 0.15) is 0 Å². The van der Waals surface area contributed by atoms with E-state index in [0.717, 1.165) is 24.3 Å². The SMILES string of the molecule is C=N[C@H]1CCc2cc(OC)c(OC)cc2[C@@H]1c1ccc(C)s1. The van der Waals surface area contributed by atoms with Gasteiger partial charge in [0.2, 0.25) is 0 Å². The molecule has 0 N–H and O–H groups in total. The van der Waals surface area contributed by atoms with Gasteiger partial charge in [-0.15, -0.1) is 11.3 Å².